The molecule has 2 aliphatic rings. The molecule has 0 spiro atoms. The second-order valence-corrected chi connectivity index (χ2v) is 5.94. The van der Waals surface area contributed by atoms with Crippen LogP contribution in [0.2, 0.25) is 0 Å². The van der Waals surface area contributed by atoms with Crippen LogP contribution < -0.4 is 0 Å². The highest BCUT2D eigenvalue weighted by Crippen LogP contribution is 2.44. The summed E-state index contributed by atoms with van der Waals surface area (Å²) in [6.45, 7) is 0.720. The molecule has 3 rings (SSSR count). The fourth-order valence-electron chi connectivity index (χ4n) is 3.89. The maximum absolute atomic E-state index is 12.8. The van der Waals surface area contributed by atoms with Gasteiger partial charge in [0.25, 0.3) is 5.91 Å². The van der Waals surface area contributed by atoms with E-state index in [9.17, 15) is 10.1 Å². The molecule has 0 radical (unpaired) electrons. The zero-order valence-corrected chi connectivity index (χ0v) is 11.7. The molecule has 1 amide bonds. The number of fused-ring (bicyclic) bond motifs is 1. The van der Waals surface area contributed by atoms with Crippen molar-refractivity contribution in [3.05, 3.63) is 35.9 Å². The van der Waals surface area contributed by atoms with Crippen molar-refractivity contribution in [3.63, 3.8) is 0 Å². The third kappa shape index (κ3) is 2.00. The van der Waals surface area contributed by atoms with Crippen molar-refractivity contribution in [3.8, 4) is 6.07 Å². The molecule has 1 heterocycles. The van der Waals surface area contributed by atoms with Crippen LogP contribution in [0, 0.1) is 17.2 Å². The summed E-state index contributed by atoms with van der Waals surface area (Å²) in [4.78, 5) is 14.7. The van der Waals surface area contributed by atoms with Gasteiger partial charge in [-0.05, 0) is 43.7 Å². The predicted molar refractivity (Wildman–Crippen MR) is 77.0 cm³/mol. The first kappa shape index (κ1) is 13.2. The lowest BCUT2D eigenvalue weighted by molar-refractivity contribution is 0.0100. The number of hydrogen-bond donors (Lipinski definition) is 0. The van der Waals surface area contributed by atoms with Gasteiger partial charge in [0.05, 0.1) is 6.07 Å². The number of rotatable bonds is 1. The Bertz CT molecular complexity index is 532. The summed E-state index contributed by atoms with van der Waals surface area (Å²) in [5.74, 6) is 0.390. The Hall–Kier alpha value is -1.82. The minimum absolute atomic E-state index is 0.0266. The number of carbonyl (C=O) groups excluding carboxylic acids is 1. The molecule has 3 nitrogen and oxygen atoms in total. The van der Waals surface area contributed by atoms with Crippen molar-refractivity contribution >= 4 is 5.91 Å². The zero-order valence-electron chi connectivity index (χ0n) is 11.7. The molecule has 2 atom stereocenters. The van der Waals surface area contributed by atoms with E-state index in [2.05, 4.69) is 6.07 Å². The number of nitrogens with zero attached hydrogens (tertiary/aromatic N) is 2. The number of benzene rings is 1. The summed E-state index contributed by atoms with van der Waals surface area (Å²) >= 11 is 0. The minimum atomic E-state index is -0.552. The number of nitriles is 1. The number of carbonyl (C=O) groups is 1. The predicted octanol–water partition coefficient (Wildman–Crippen LogP) is 3.38. The van der Waals surface area contributed by atoms with Crippen molar-refractivity contribution in [1.82, 2.24) is 4.90 Å². The standard InChI is InChI=1S/C17H20N2O/c18-13-17-11-5-4-9-15(17)10-6-12-19(17)16(20)14-7-2-1-3-8-14/h1-3,7-8,15H,4-6,9-12H2/t15-,17-/m0/s1. The van der Waals surface area contributed by atoms with E-state index in [1.165, 1.54) is 6.42 Å². The molecule has 0 aromatic heterocycles. The average Bonchev–Trinajstić information content (AvgIpc) is 2.54. The summed E-state index contributed by atoms with van der Waals surface area (Å²) in [6, 6.07) is 11.9. The maximum atomic E-state index is 12.8. The highest BCUT2D eigenvalue weighted by Gasteiger charge is 2.49. The van der Waals surface area contributed by atoms with Crippen LogP contribution in [0.1, 0.15) is 48.9 Å². The summed E-state index contributed by atoms with van der Waals surface area (Å²) < 4.78 is 0. The normalized spacial score (nSPS) is 29.4. The molecule has 1 aromatic carbocycles. The van der Waals surface area contributed by atoms with Crippen molar-refractivity contribution in [2.24, 2.45) is 5.92 Å². The van der Waals surface area contributed by atoms with Crippen molar-refractivity contribution in [2.45, 2.75) is 44.1 Å². The van der Waals surface area contributed by atoms with Gasteiger partial charge < -0.3 is 4.90 Å². The average molecular weight is 268 g/mol. The zero-order chi connectivity index (χ0) is 14.0. The van der Waals surface area contributed by atoms with E-state index in [4.69, 9.17) is 0 Å². The fourth-order valence-corrected chi connectivity index (χ4v) is 3.89. The van der Waals surface area contributed by atoms with Gasteiger partial charge in [0, 0.05) is 12.1 Å². The summed E-state index contributed by atoms with van der Waals surface area (Å²) in [7, 11) is 0. The lowest BCUT2D eigenvalue weighted by Crippen LogP contribution is -2.59. The fraction of sp³-hybridized carbons (Fsp3) is 0.529. The van der Waals surface area contributed by atoms with Gasteiger partial charge in [0.2, 0.25) is 0 Å². The highest BCUT2D eigenvalue weighted by molar-refractivity contribution is 5.95. The largest absolute Gasteiger partial charge is 0.320 e. The Balaban J connectivity index is 1.95. The quantitative estimate of drug-likeness (QED) is 0.783. The lowest BCUT2D eigenvalue weighted by Gasteiger charge is -2.50. The third-order valence-corrected chi connectivity index (χ3v) is 4.91. The third-order valence-electron chi connectivity index (χ3n) is 4.91. The van der Waals surface area contributed by atoms with E-state index in [1.54, 1.807) is 0 Å². The number of hydrogen-bond acceptors (Lipinski definition) is 2. The van der Waals surface area contributed by atoms with E-state index in [0.717, 1.165) is 38.6 Å². The van der Waals surface area contributed by atoms with Crippen LogP contribution in [0.3, 0.4) is 0 Å². The molecule has 1 saturated heterocycles. The molecule has 3 heteroatoms. The van der Waals surface area contributed by atoms with Crippen LogP contribution in [0.5, 0.6) is 0 Å². The van der Waals surface area contributed by atoms with Gasteiger partial charge in [0.1, 0.15) is 5.54 Å². The molecule has 20 heavy (non-hydrogen) atoms. The van der Waals surface area contributed by atoms with Gasteiger partial charge in [-0.15, -0.1) is 0 Å². The van der Waals surface area contributed by atoms with Crippen LogP contribution in [0.15, 0.2) is 30.3 Å². The van der Waals surface area contributed by atoms with E-state index in [1.807, 2.05) is 35.2 Å². The van der Waals surface area contributed by atoms with Crippen molar-refractivity contribution < 1.29 is 4.79 Å². The molecule has 1 saturated carbocycles. The van der Waals surface area contributed by atoms with Crippen LogP contribution in [-0.4, -0.2) is 22.9 Å². The SMILES string of the molecule is N#C[C@@]12CCCC[C@H]1CCCN2C(=O)c1ccccc1. The van der Waals surface area contributed by atoms with E-state index in [-0.39, 0.29) is 5.91 Å². The maximum Gasteiger partial charge on any atom is 0.255 e. The molecule has 0 N–H and O–H groups in total. The second kappa shape index (κ2) is 5.28. The molecule has 104 valence electrons. The van der Waals surface area contributed by atoms with Crippen molar-refractivity contribution in [1.29, 1.82) is 5.26 Å². The summed E-state index contributed by atoms with van der Waals surface area (Å²) in [5, 5.41) is 9.80. The van der Waals surface area contributed by atoms with Gasteiger partial charge in [-0.1, -0.05) is 31.0 Å². The Morgan fingerprint density at radius 2 is 1.95 bits per heavy atom. The first-order valence-corrected chi connectivity index (χ1v) is 7.56. The molecular formula is C17H20N2O. The Labute approximate surface area is 120 Å². The molecule has 0 unspecified atom stereocenters. The first-order chi connectivity index (χ1) is 9.78. The number of amides is 1. The van der Waals surface area contributed by atoms with Crippen LogP contribution >= 0.6 is 0 Å². The molecule has 1 aliphatic carbocycles. The monoisotopic (exact) mass is 268 g/mol. The van der Waals surface area contributed by atoms with Crippen molar-refractivity contribution in [2.75, 3.05) is 6.54 Å². The summed E-state index contributed by atoms with van der Waals surface area (Å²) in [6.07, 6.45) is 6.29. The topological polar surface area (TPSA) is 44.1 Å². The van der Waals surface area contributed by atoms with Crippen LogP contribution in [0.25, 0.3) is 0 Å². The lowest BCUT2D eigenvalue weighted by atomic mass is 9.68. The van der Waals surface area contributed by atoms with E-state index < -0.39 is 5.54 Å². The molecule has 2 fully saturated rings. The van der Waals surface area contributed by atoms with Gasteiger partial charge in [-0.25, -0.2) is 0 Å². The number of likely N-dealkylation sites (tertiary alicyclic amines) is 1. The molecule has 1 aliphatic heterocycles. The van der Waals surface area contributed by atoms with Gasteiger partial charge in [0.15, 0.2) is 0 Å². The highest BCUT2D eigenvalue weighted by atomic mass is 16.2. The first-order valence-electron chi connectivity index (χ1n) is 7.56. The second-order valence-electron chi connectivity index (χ2n) is 5.94. The Morgan fingerprint density at radius 1 is 1.20 bits per heavy atom. The minimum Gasteiger partial charge on any atom is -0.320 e. The Kier molecular flexibility index (Phi) is 3.48. The molecule has 1 aromatic rings. The van der Waals surface area contributed by atoms with Gasteiger partial charge >= 0.3 is 0 Å². The van der Waals surface area contributed by atoms with E-state index >= 15 is 0 Å². The van der Waals surface area contributed by atoms with Crippen LogP contribution in [-0.2, 0) is 0 Å². The molecule has 0 bridgehead atoms. The van der Waals surface area contributed by atoms with Gasteiger partial charge in [-0.2, -0.15) is 5.26 Å². The number of piperidine rings is 1. The summed E-state index contributed by atoms with van der Waals surface area (Å²) in [5.41, 5.74) is 0.150. The van der Waals surface area contributed by atoms with Crippen LogP contribution in [0.4, 0.5) is 0 Å². The van der Waals surface area contributed by atoms with E-state index in [0.29, 0.717) is 11.5 Å². The Morgan fingerprint density at radius 3 is 2.70 bits per heavy atom. The van der Waals surface area contributed by atoms with Gasteiger partial charge in [-0.3, -0.25) is 4.79 Å². The molecular weight excluding hydrogens is 248 g/mol. The smallest absolute Gasteiger partial charge is 0.255 e.